The molecule has 0 N–H and O–H groups in total. The molecule has 0 aliphatic rings. The van der Waals surface area contributed by atoms with Crippen molar-refractivity contribution in [3.8, 4) is 0 Å². The highest BCUT2D eigenvalue weighted by Gasteiger charge is 2.57. The quantitative estimate of drug-likeness (QED) is 0.531. The average molecular weight is 282 g/mol. The van der Waals surface area contributed by atoms with Crippen LogP contribution >= 0.6 is 0 Å². The summed E-state index contributed by atoms with van der Waals surface area (Å²) in [5.41, 5.74) is 0. The first-order valence-electron chi connectivity index (χ1n) is 5.17. The zero-order chi connectivity index (χ0) is 13.7. The highest BCUT2D eigenvalue weighted by atomic mass is 32.2. The Kier molecular flexibility index (Phi) is 5.83. The van der Waals surface area contributed by atoms with E-state index in [0.29, 0.717) is 6.42 Å². The van der Waals surface area contributed by atoms with Crippen LogP contribution in [0.2, 0.25) is 0 Å². The maximum Gasteiger partial charge on any atom is 0.453 e. The molecule has 17 heavy (non-hydrogen) atoms. The molecule has 0 amide bonds. The molecule has 0 aromatic heterocycles. The topological polar surface area (TPSA) is 34.1 Å². The zero-order valence-corrected chi connectivity index (χ0v) is 10.2. The molecule has 0 spiro atoms. The summed E-state index contributed by atoms with van der Waals surface area (Å²) in [5.74, 6) is -6.41. The Morgan fingerprint density at radius 2 is 1.47 bits per heavy atom. The molecular formula is C9H15F5O2S. The first kappa shape index (κ1) is 16.6. The Morgan fingerprint density at radius 3 is 1.88 bits per heavy atom. The van der Waals surface area contributed by atoms with Gasteiger partial charge in [-0.15, -0.1) is 0 Å². The molecular weight excluding hydrogens is 267 g/mol. The van der Waals surface area contributed by atoms with Crippen LogP contribution in [0.25, 0.3) is 0 Å². The maximum atomic E-state index is 12.5. The van der Waals surface area contributed by atoms with E-state index in [-0.39, 0.29) is 12.2 Å². The predicted octanol–water partition coefficient (Wildman–Crippen LogP) is 3.18. The third-order valence-electron chi connectivity index (χ3n) is 2.20. The first-order valence-corrected chi connectivity index (χ1v) is 6.99. The molecule has 0 aliphatic heterocycles. The van der Waals surface area contributed by atoms with Crippen molar-refractivity contribution in [3.63, 3.8) is 0 Å². The average Bonchev–Trinajstić information content (AvgIpc) is 2.14. The molecule has 2 nitrogen and oxygen atoms in total. The minimum absolute atomic E-state index is 0.288. The van der Waals surface area contributed by atoms with Crippen LogP contribution in [0.15, 0.2) is 0 Å². The summed E-state index contributed by atoms with van der Waals surface area (Å²) in [6.07, 6.45) is -5.75. The normalized spacial score (nSPS) is 14.0. The van der Waals surface area contributed by atoms with E-state index in [1.165, 1.54) is 0 Å². The van der Waals surface area contributed by atoms with Crippen LogP contribution in [-0.2, 0) is 9.84 Å². The van der Waals surface area contributed by atoms with E-state index < -0.39 is 34.1 Å². The molecule has 0 fully saturated rings. The van der Waals surface area contributed by atoms with Crippen LogP contribution in [-0.4, -0.2) is 32.0 Å². The lowest BCUT2D eigenvalue weighted by atomic mass is 10.2. The fourth-order valence-electron chi connectivity index (χ4n) is 1.10. The number of unbranched alkanes of at least 4 members (excludes halogenated alkanes) is 2. The Morgan fingerprint density at radius 1 is 0.941 bits per heavy atom. The van der Waals surface area contributed by atoms with Gasteiger partial charge < -0.3 is 0 Å². The fraction of sp³-hybridized carbons (Fsp3) is 1.00. The lowest BCUT2D eigenvalue weighted by Crippen LogP contribution is -2.38. The van der Waals surface area contributed by atoms with Crippen molar-refractivity contribution in [2.75, 3.05) is 11.5 Å². The van der Waals surface area contributed by atoms with Crippen molar-refractivity contribution in [1.82, 2.24) is 0 Å². The zero-order valence-electron chi connectivity index (χ0n) is 9.36. The molecule has 0 radical (unpaired) electrons. The Bertz CT molecular complexity index is 321. The van der Waals surface area contributed by atoms with Crippen LogP contribution < -0.4 is 0 Å². The van der Waals surface area contributed by atoms with Crippen molar-refractivity contribution in [1.29, 1.82) is 0 Å². The van der Waals surface area contributed by atoms with Crippen molar-refractivity contribution in [3.05, 3.63) is 0 Å². The van der Waals surface area contributed by atoms with Gasteiger partial charge in [-0.2, -0.15) is 22.0 Å². The third-order valence-corrected chi connectivity index (χ3v) is 3.94. The Labute approximate surface area is 97.1 Å². The van der Waals surface area contributed by atoms with Crippen molar-refractivity contribution in [2.45, 2.75) is 44.7 Å². The lowest BCUT2D eigenvalue weighted by Gasteiger charge is -2.19. The molecule has 0 heterocycles. The SMILES string of the molecule is CCCCCS(=O)(=O)CCC(F)(F)C(F)(F)F. The van der Waals surface area contributed by atoms with Crippen molar-refractivity contribution < 1.29 is 30.4 Å². The molecule has 0 saturated carbocycles. The third kappa shape index (κ3) is 6.18. The minimum atomic E-state index is -5.69. The molecule has 0 atom stereocenters. The van der Waals surface area contributed by atoms with Gasteiger partial charge in [-0.25, -0.2) is 8.42 Å². The fourth-order valence-corrected chi connectivity index (χ4v) is 2.51. The van der Waals surface area contributed by atoms with Crippen LogP contribution in [0.3, 0.4) is 0 Å². The van der Waals surface area contributed by atoms with E-state index in [1.54, 1.807) is 0 Å². The van der Waals surface area contributed by atoms with Gasteiger partial charge in [-0.05, 0) is 6.42 Å². The second-order valence-electron chi connectivity index (χ2n) is 3.81. The molecule has 0 rings (SSSR count). The van der Waals surface area contributed by atoms with Crippen LogP contribution in [0.1, 0.15) is 32.6 Å². The van der Waals surface area contributed by atoms with Gasteiger partial charge in [0, 0.05) is 6.42 Å². The number of rotatable bonds is 7. The molecule has 0 aliphatic carbocycles. The van der Waals surface area contributed by atoms with Gasteiger partial charge >= 0.3 is 12.1 Å². The van der Waals surface area contributed by atoms with Gasteiger partial charge in [0.05, 0.1) is 11.5 Å². The second-order valence-corrected chi connectivity index (χ2v) is 6.11. The van der Waals surface area contributed by atoms with Crippen LogP contribution in [0.5, 0.6) is 0 Å². The van der Waals surface area contributed by atoms with Gasteiger partial charge in [0.1, 0.15) is 0 Å². The molecule has 0 bridgehead atoms. The van der Waals surface area contributed by atoms with E-state index in [4.69, 9.17) is 0 Å². The molecule has 0 unspecified atom stereocenters. The van der Waals surface area contributed by atoms with Crippen molar-refractivity contribution >= 4 is 9.84 Å². The lowest BCUT2D eigenvalue weighted by molar-refractivity contribution is -0.282. The molecule has 104 valence electrons. The van der Waals surface area contributed by atoms with Gasteiger partial charge in [0.2, 0.25) is 0 Å². The van der Waals surface area contributed by atoms with Gasteiger partial charge in [0.15, 0.2) is 9.84 Å². The van der Waals surface area contributed by atoms with Gasteiger partial charge in [-0.1, -0.05) is 19.8 Å². The number of sulfone groups is 1. The number of halogens is 5. The predicted molar refractivity (Wildman–Crippen MR) is 53.8 cm³/mol. The van der Waals surface area contributed by atoms with E-state index in [9.17, 15) is 30.4 Å². The molecule has 0 aromatic rings. The summed E-state index contributed by atoms with van der Waals surface area (Å²) in [5, 5.41) is 0. The summed E-state index contributed by atoms with van der Waals surface area (Å²) in [4.78, 5) is 0. The summed E-state index contributed by atoms with van der Waals surface area (Å²) < 4.78 is 82.6. The van der Waals surface area contributed by atoms with E-state index >= 15 is 0 Å². The van der Waals surface area contributed by atoms with E-state index in [2.05, 4.69) is 0 Å². The molecule has 8 heteroatoms. The Hall–Kier alpha value is -0.400. The standard InChI is InChI=1S/C9H15F5O2S/c1-2-3-4-6-17(15,16)7-5-8(10,11)9(12,13)14/h2-7H2,1H3. The highest BCUT2D eigenvalue weighted by molar-refractivity contribution is 7.91. The van der Waals surface area contributed by atoms with Crippen LogP contribution in [0.4, 0.5) is 22.0 Å². The van der Waals surface area contributed by atoms with Gasteiger partial charge in [-0.3, -0.25) is 0 Å². The number of hydrogen-bond acceptors (Lipinski definition) is 2. The van der Waals surface area contributed by atoms with E-state index in [1.807, 2.05) is 6.92 Å². The Balaban J connectivity index is 4.28. The molecule has 0 saturated heterocycles. The second kappa shape index (κ2) is 5.97. The maximum absolute atomic E-state index is 12.5. The largest absolute Gasteiger partial charge is 0.453 e. The first-order chi connectivity index (χ1) is 7.52. The summed E-state index contributed by atoms with van der Waals surface area (Å²) in [7, 11) is -3.83. The minimum Gasteiger partial charge on any atom is -0.229 e. The number of alkyl halides is 5. The molecule has 0 aromatic carbocycles. The monoisotopic (exact) mass is 282 g/mol. The summed E-state index contributed by atoms with van der Waals surface area (Å²) >= 11 is 0. The number of hydrogen-bond donors (Lipinski definition) is 0. The van der Waals surface area contributed by atoms with Crippen molar-refractivity contribution in [2.24, 2.45) is 0 Å². The summed E-state index contributed by atoms with van der Waals surface area (Å²) in [6, 6.07) is 0. The smallest absolute Gasteiger partial charge is 0.229 e. The van der Waals surface area contributed by atoms with Gasteiger partial charge in [0.25, 0.3) is 0 Å². The van der Waals surface area contributed by atoms with E-state index in [0.717, 1.165) is 6.42 Å². The van der Waals surface area contributed by atoms with Crippen LogP contribution in [0, 0.1) is 0 Å². The summed E-state index contributed by atoms with van der Waals surface area (Å²) in [6.45, 7) is 1.82. The highest BCUT2D eigenvalue weighted by Crippen LogP contribution is 2.38.